The van der Waals surface area contributed by atoms with E-state index >= 15 is 0 Å². The van der Waals surface area contributed by atoms with Crippen LogP contribution in [0.5, 0.6) is 0 Å². The molecule has 5 nitrogen and oxygen atoms in total. The van der Waals surface area contributed by atoms with Gasteiger partial charge < -0.3 is 16.2 Å². The van der Waals surface area contributed by atoms with Gasteiger partial charge in [0.2, 0.25) is 5.91 Å². The van der Waals surface area contributed by atoms with E-state index in [1.165, 1.54) is 12.1 Å². The van der Waals surface area contributed by atoms with Gasteiger partial charge in [0.25, 0.3) is 0 Å². The lowest BCUT2D eigenvalue weighted by atomic mass is 10.1. The predicted octanol–water partition coefficient (Wildman–Crippen LogP) is 0.634. The van der Waals surface area contributed by atoms with Gasteiger partial charge in [-0.2, -0.15) is 0 Å². The van der Waals surface area contributed by atoms with Crippen LogP contribution in [0.3, 0.4) is 0 Å². The topological polar surface area (TPSA) is 92.4 Å². The van der Waals surface area contributed by atoms with Crippen LogP contribution < -0.4 is 11.1 Å². The molecular weight excluding hydrogens is 239 g/mol. The first-order valence-corrected chi connectivity index (χ1v) is 5.48. The highest BCUT2D eigenvalue weighted by Gasteiger charge is 2.13. The van der Waals surface area contributed by atoms with E-state index in [1.54, 1.807) is 12.1 Å². The normalized spacial score (nSPS) is 11.9. The number of carbonyl (C=O) groups excluding carboxylic acids is 1. The van der Waals surface area contributed by atoms with Gasteiger partial charge in [0, 0.05) is 13.0 Å². The molecule has 0 aliphatic rings. The van der Waals surface area contributed by atoms with E-state index in [0.29, 0.717) is 5.56 Å². The van der Waals surface area contributed by atoms with Gasteiger partial charge in [0.15, 0.2) is 0 Å². The Morgan fingerprint density at radius 3 is 2.78 bits per heavy atom. The summed E-state index contributed by atoms with van der Waals surface area (Å²) in [6.07, 6.45) is 0.104. The first kappa shape index (κ1) is 14.1. The molecule has 1 aromatic rings. The minimum absolute atomic E-state index is 0.0305. The molecule has 0 fully saturated rings. The van der Waals surface area contributed by atoms with Crippen molar-refractivity contribution in [2.45, 2.75) is 25.4 Å². The Labute approximate surface area is 104 Å². The lowest BCUT2D eigenvalue weighted by Gasteiger charge is -2.07. The van der Waals surface area contributed by atoms with Gasteiger partial charge in [-0.3, -0.25) is 9.59 Å². The molecule has 0 aliphatic carbocycles. The maximum absolute atomic E-state index is 12.8. The lowest BCUT2D eigenvalue weighted by Crippen LogP contribution is -2.32. The Hall–Kier alpha value is -1.95. The van der Waals surface area contributed by atoms with Crippen LogP contribution in [0.2, 0.25) is 0 Å². The van der Waals surface area contributed by atoms with E-state index in [0.717, 1.165) is 0 Å². The number of amides is 1. The third-order valence-corrected chi connectivity index (χ3v) is 2.38. The average Bonchev–Trinajstić information content (AvgIpc) is 2.33. The fourth-order valence-electron chi connectivity index (χ4n) is 1.35. The van der Waals surface area contributed by atoms with Crippen LogP contribution in [0.15, 0.2) is 24.3 Å². The third kappa shape index (κ3) is 4.92. The fourth-order valence-corrected chi connectivity index (χ4v) is 1.35. The monoisotopic (exact) mass is 254 g/mol. The number of nitrogens with two attached hydrogens (primary N) is 1. The van der Waals surface area contributed by atoms with Gasteiger partial charge in [-0.05, 0) is 24.1 Å². The summed E-state index contributed by atoms with van der Waals surface area (Å²) in [5.74, 6) is -1.81. The summed E-state index contributed by atoms with van der Waals surface area (Å²) in [6.45, 7) is 0.207. The zero-order valence-corrected chi connectivity index (χ0v) is 9.73. The maximum Gasteiger partial charge on any atom is 0.320 e. The van der Waals surface area contributed by atoms with E-state index in [2.05, 4.69) is 5.32 Å². The Kier molecular flexibility index (Phi) is 5.26. The lowest BCUT2D eigenvalue weighted by molar-refractivity contribution is -0.138. The summed E-state index contributed by atoms with van der Waals surface area (Å²) in [6, 6.07) is 4.84. The van der Waals surface area contributed by atoms with Crippen molar-refractivity contribution in [1.82, 2.24) is 5.32 Å². The molecule has 1 atom stereocenters. The number of aliphatic carboxylic acids is 1. The van der Waals surface area contributed by atoms with Crippen molar-refractivity contribution >= 4 is 11.9 Å². The second-order valence-electron chi connectivity index (χ2n) is 3.89. The Morgan fingerprint density at radius 1 is 1.44 bits per heavy atom. The Bertz CT molecular complexity index is 437. The molecule has 18 heavy (non-hydrogen) atoms. The molecule has 0 aliphatic heterocycles. The molecule has 0 radical (unpaired) electrons. The van der Waals surface area contributed by atoms with Crippen LogP contribution in [0, 0.1) is 5.82 Å². The molecule has 98 valence electrons. The quantitative estimate of drug-likeness (QED) is 0.694. The number of carbonyl (C=O) groups is 2. The highest BCUT2D eigenvalue weighted by atomic mass is 19.1. The molecule has 0 aromatic heterocycles. The van der Waals surface area contributed by atoms with Crippen molar-refractivity contribution in [3.05, 3.63) is 35.6 Å². The van der Waals surface area contributed by atoms with E-state index in [1.807, 2.05) is 0 Å². The molecule has 0 bridgehead atoms. The molecule has 0 heterocycles. The van der Waals surface area contributed by atoms with Crippen molar-refractivity contribution in [3.8, 4) is 0 Å². The van der Waals surface area contributed by atoms with Crippen molar-refractivity contribution in [1.29, 1.82) is 0 Å². The number of rotatable bonds is 6. The van der Waals surface area contributed by atoms with Crippen LogP contribution in [0.1, 0.15) is 18.4 Å². The summed E-state index contributed by atoms with van der Waals surface area (Å²) >= 11 is 0. The highest BCUT2D eigenvalue weighted by molar-refractivity contribution is 5.78. The largest absolute Gasteiger partial charge is 0.480 e. The molecule has 0 spiro atoms. The molecule has 0 saturated heterocycles. The van der Waals surface area contributed by atoms with Gasteiger partial charge in [-0.25, -0.2) is 4.39 Å². The van der Waals surface area contributed by atoms with Crippen molar-refractivity contribution in [3.63, 3.8) is 0 Å². The predicted molar refractivity (Wildman–Crippen MR) is 63.1 cm³/mol. The summed E-state index contributed by atoms with van der Waals surface area (Å²) in [5, 5.41) is 11.1. The van der Waals surface area contributed by atoms with Crippen LogP contribution in [0.4, 0.5) is 4.39 Å². The molecule has 1 rings (SSSR count). The minimum atomic E-state index is -1.13. The molecule has 1 aromatic carbocycles. The van der Waals surface area contributed by atoms with Gasteiger partial charge in [-0.1, -0.05) is 12.1 Å². The first-order valence-electron chi connectivity index (χ1n) is 5.48. The number of nitrogens with one attached hydrogen (secondary N) is 1. The molecular formula is C12H15FN2O3. The van der Waals surface area contributed by atoms with Gasteiger partial charge in [-0.15, -0.1) is 0 Å². The number of carboxylic acids is 1. The van der Waals surface area contributed by atoms with Gasteiger partial charge >= 0.3 is 5.97 Å². The SMILES string of the molecule is N[C@@H](CCC(=O)NCc1cccc(F)c1)C(=O)O. The zero-order chi connectivity index (χ0) is 13.5. The number of hydrogen-bond donors (Lipinski definition) is 3. The Morgan fingerprint density at radius 2 is 2.17 bits per heavy atom. The summed E-state index contributed by atoms with van der Waals surface area (Å²) in [7, 11) is 0. The van der Waals surface area contributed by atoms with E-state index in [-0.39, 0.29) is 31.1 Å². The smallest absolute Gasteiger partial charge is 0.320 e. The highest BCUT2D eigenvalue weighted by Crippen LogP contribution is 2.03. The van der Waals surface area contributed by atoms with Gasteiger partial charge in [0.1, 0.15) is 11.9 Å². The summed E-state index contributed by atoms with van der Waals surface area (Å²) in [5.41, 5.74) is 5.91. The van der Waals surface area contributed by atoms with Gasteiger partial charge in [0.05, 0.1) is 0 Å². The van der Waals surface area contributed by atoms with E-state index in [9.17, 15) is 14.0 Å². The molecule has 6 heteroatoms. The Balaban J connectivity index is 2.31. The number of carboxylic acid groups (broad SMARTS) is 1. The van der Waals surface area contributed by atoms with Crippen LogP contribution in [0.25, 0.3) is 0 Å². The standard InChI is InChI=1S/C12H15FN2O3/c13-9-3-1-2-8(6-9)7-15-11(16)5-4-10(14)12(17)18/h1-3,6,10H,4-5,7,14H2,(H,15,16)(H,17,18)/t10-/m0/s1. The first-order chi connectivity index (χ1) is 8.49. The second-order valence-corrected chi connectivity index (χ2v) is 3.89. The summed E-state index contributed by atoms with van der Waals surface area (Å²) < 4.78 is 12.8. The third-order valence-electron chi connectivity index (χ3n) is 2.38. The van der Waals surface area contributed by atoms with E-state index < -0.39 is 12.0 Å². The summed E-state index contributed by atoms with van der Waals surface area (Å²) in [4.78, 5) is 21.8. The fraction of sp³-hybridized carbons (Fsp3) is 0.333. The number of benzene rings is 1. The minimum Gasteiger partial charge on any atom is -0.480 e. The second kappa shape index (κ2) is 6.70. The number of halogens is 1. The molecule has 0 saturated carbocycles. The van der Waals surface area contributed by atoms with Crippen LogP contribution in [-0.2, 0) is 16.1 Å². The van der Waals surface area contributed by atoms with Crippen molar-refractivity contribution in [2.24, 2.45) is 5.73 Å². The zero-order valence-electron chi connectivity index (χ0n) is 9.73. The molecule has 1 amide bonds. The number of hydrogen-bond acceptors (Lipinski definition) is 3. The van der Waals surface area contributed by atoms with Crippen LogP contribution in [-0.4, -0.2) is 23.0 Å². The maximum atomic E-state index is 12.8. The average molecular weight is 254 g/mol. The molecule has 0 unspecified atom stereocenters. The molecule has 4 N–H and O–H groups in total. The van der Waals surface area contributed by atoms with Crippen LogP contribution >= 0.6 is 0 Å². The van der Waals surface area contributed by atoms with Crippen molar-refractivity contribution < 1.29 is 19.1 Å². The van der Waals surface area contributed by atoms with Crippen molar-refractivity contribution in [2.75, 3.05) is 0 Å². The van der Waals surface area contributed by atoms with E-state index in [4.69, 9.17) is 10.8 Å².